The number of esters is 1. The molecule has 0 N–H and O–H groups in total. The number of fused-ring (bicyclic) bond motifs is 1. The highest BCUT2D eigenvalue weighted by molar-refractivity contribution is 6.30. The van der Waals surface area contributed by atoms with E-state index in [4.69, 9.17) is 9.47 Å². The summed E-state index contributed by atoms with van der Waals surface area (Å²) in [6, 6.07) is 4.62. The molecule has 1 unspecified atom stereocenters. The van der Waals surface area contributed by atoms with Crippen LogP contribution in [0.3, 0.4) is 0 Å². The molecule has 0 aliphatic heterocycles. The van der Waals surface area contributed by atoms with Crippen molar-refractivity contribution in [3.63, 3.8) is 0 Å². The second kappa shape index (κ2) is 4.44. The normalized spacial score (nSPS) is 17.3. The van der Waals surface area contributed by atoms with Crippen LogP contribution in [0.15, 0.2) is 31.0 Å². The van der Waals surface area contributed by atoms with Crippen molar-refractivity contribution in [3.05, 3.63) is 42.2 Å². The van der Waals surface area contributed by atoms with Gasteiger partial charge in [-0.15, -0.1) is 0 Å². The molecule has 1 atom stereocenters. The molecule has 0 spiro atoms. The number of carbonyl (C=O) groups excluding carboxylic acids is 3. The third kappa shape index (κ3) is 1.79. The first-order chi connectivity index (χ1) is 8.56. The molecule has 0 saturated carbocycles. The Morgan fingerprint density at radius 1 is 1.33 bits per heavy atom. The lowest BCUT2D eigenvalue weighted by Crippen LogP contribution is -2.27. The molecule has 1 aliphatic rings. The maximum atomic E-state index is 12.0. The molecule has 0 bridgehead atoms. The van der Waals surface area contributed by atoms with Gasteiger partial charge in [-0.05, 0) is 6.07 Å². The molecular weight excluding hydrogens is 236 g/mol. The minimum atomic E-state index is -1.40. The topological polar surface area (TPSA) is 69.7 Å². The van der Waals surface area contributed by atoms with Crippen molar-refractivity contribution in [2.45, 2.75) is 13.0 Å². The SMILES string of the molecule is C=COc1cccc2c1C(=O)C(OC(C)=O)C2=O. The average Bonchev–Trinajstić information content (AvgIpc) is 2.56. The van der Waals surface area contributed by atoms with Crippen LogP contribution in [-0.4, -0.2) is 23.6 Å². The highest BCUT2D eigenvalue weighted by Crippen LogP contribution is 2.32. The highest BCUT2D eigenvalue weighted by atomic mass is 16.5. The first-order valence-corrected chi connectivity index (χ1v) is 5.22. The molecule has 5 heteroatoms. The lowest BCUT2D eigenvalue weighted by atomic mass is 10.1. The summed E-state index contributed by atoms with van der Waals surface area (Å²) in [5.74, 6) is -1.54. The van der Waals surface area contributed by atoms with Crippen LogP contribution in [-0.2, 0) is 9.53 Å². The van der Waals surface area contributed by atoms with E-state index in [0.29, 0.717) is 0 Å². The fraction of sp³-hybridized carbons (Fsp3) is 0.154. The molecule has 5 nitrogen and oxygen atoms in total. The maximum absolute atomic E-state index is 12.0. The van der Waals surface area contributed by atoms with Crippen molar-refractivity contribution in [2.75, 3.05) is 0 Å². The minimum Gasteiger partial charge on any atom is -0.465 e. The van der Waals surface area contributed by atoms with Gasteiger partial charge in [0.05, 0.1) is 11.8 Å². The zero-order valence-electron chi connectivity index (χ0n) is 9.64. The summed E-state index contributed by atoms with van der Waals surface area (Å²) in [4.78, 5) is 34.8. The van der Waals surface area contributed by atoms with Crippen LogP contribution in [0.1, 0.15) is 27.6 Å². The monoisotopic (exact) mass is 246 g/mol. The highest BCUT2D eigenvalue weighted by Gasteiger charge is 2.43. The molecule has 0 heterocycles. The van der Waals surface area contributed by atoms with E-state index in [0.717, 1.165) is 13.2 Å². The molecule has 2 rings (SSSR count). The lowest BCUT2D eigenvalue weighted by Gasteiger charge is -2.06. The van der Waals surface area contributed by atoms with Crippen molar-refractivity contribution in [2.24, 2.45) is 0 Å². The summed E-state index contributed by atoms with van der Waals surface area (Å²) in [6.45, 7) is 4.53. The van der Waals surface area contributed by atoms with E-state index in [1.54, 1.807) is 12.1 Å². The number of carbonyl (C=O) groups is 3. The Labute approximate surface area is 103 Å². The Kier molecular flexibility index (Phi) is 2.97. The van der Waals surface area contributed by atoms with Crippen LogP contribution in [0.2, 0.25) is 0 Å². The fourth-order valence-corrected chi connectivity index (χ4v) is 1.84. The number of rotatable bonds is 3. The molecule has 1 aromatic carbocycles. The van der Waals surface area contributed by atoms with Crippen molar-refractivity contribution < 1.29 is 23.9 Å². The number of ketones is 2. The number of hydrogen-bond acceptors (Lipinski definition) is 5. The Hall–Kier alpha value is -2.43. The number of Topliss-reactive ketones (excluding diaryl/α,β-unsaturated/α-hetero) is 2. The van der Waals surface area contributed by atoms with Gasteiger partial charge in [-0.3, -0.25) is 14.4 Å². The quantitative estimate of drug-likeness (QED) is 0.459. The van der Waals surface area contributed by atoms with Gasteiger partial charge in [-0.25, -0.2) is 0 Å². The van der Waals surface area contributed by atoms with Gasteiger partial charge in [-0.2, -0.15) is 0 Å². The zero-order chi connectivity index (χ0) is 13.3. The zero-order valence-corrected chi connectivity index (χ0v) is 9.64. The summed E-state index contributed by atoms with van der Waals surface area (Å²) in [5, 5.41) is 0. The Morgan fingerprint density at radius 2 is 2.06 bits per heavy atom. The average molecular weight is 246 g/mol. The van der Waals surface area contributed by atoms with E-state index < -0.39 is 23.6 Å². The first kappa shape index (κ1) is 12.0. The van der Waals surface area contributed by atoms with Gasteiger partial charge in [0.15, 0.2) is 0 Å². The number of benzene rings is 1. The van der Waals surface area contributed by atoms with Crippen LogP contribution >= 0.6 is 0 Å². The molecule has 92 valence electrons. The largest absolute Gasteiger partial charge is 0.465 e. The molecule has 0 saturated heterocycles. The third-order valence-corrected chi connectivity index (χ3v) is 2.51. The van der Waals surface area contributed by atoms with Crippen molar-refractivity contribution in [1.29, 1.82) is 0 Å². The van der Waals surface area contributed by atoms with E-state index in [9.17, 15) is 14.4 Å². The predicted octanol–water partition coefficient (Wildman–Crippen LogP) is 1.52. The predicted molar refractivity (Wildman–Crippen MR) is 61.5 cm³/mol. The van der Waals surface area contributed by atoms with E-state index in [1.165, 1.54) is 6.07 Å². The fourth-order valence-electron chi connectivity index (χ4n) is 1.84. The molecule has 18 heavy (non-hydrogen) atoms. The van der Waals surface area contributed by atoms with Gasteiger partial charge in [0.25, 0.3) is 0 Å². The maximum Gasteiger partial charge on any atom is 0.303 e. The number of hydrogen-bond donors (Lipinski definition) is 0. The van der Waals surface area contributed by atoms with Gasteiger partial charge in [-0.1, -0.05) is 18.7 Å². The van der Waals surface area contributed by atoms with E-state index in [1.807, 2.05) is 0 Å². The summed E-state index contributed by atoms with van der Waals surface area (Å²) < 4.78 is 9.80. The van der Waals surface area contributed by atoms with Gasteiger partial charge in [0.2, 0.25) is 17.7 Å². The van der Waals surface area contributed by atoms with Crippen molar-refractivity contribution in [1.82, 2.24) is 0 Å². The Bertz CT molecular complexity index is 559. The molecule has 1 aliphatic carbocycles. The van der Waals surface area contributed by atoms with Crippen LogP contribution in [0.25, 0.3) is 0 Å². The molecule has 0 radical (unpaired) electrons. The Balaban J connectivity index is 2.48. The second-order valence-corrected chi connectivity index (χ2v) is 3.68. The molecule has 0 amide bonds. The van der Waals surface area contributed by atoms with Gasteiger partial charge >= 0.3 is 5.97 Å². The van der Waals surface area contributed by atoms with Crippen LogP contribution in [0, 0.1) is 0 Å². The number of ether oxygens (including phenoxy) is 2. The van der Waals surface area contributed by atoms with E-state index >= 15 is 0 Å². The van der Waals surface area contributed by atoms with Crippen LogP contribution in [0.4, 0.5) is 0 Å². The van der Waals surface area contributed by atoms with Crippen molar-refractivity contribution >= 4 is 17.5 Å². The molecule has 1 aromatic rings. The molecule has 0 fully saturated rings. The summed E-state index contributed by atoms with van der Waals surface area (Å²) in [7, 11) is 0. The third-order valence-electron chi connectivity index (χ3n) is 2.51. The molecule has 0 aromatic heterocycles. The second-order valence-electron chi connectivity index (χ2n) is 3.68. The van der Waals surface area contributed by atoms with Gasteiger partial charge in [0, 0.05) is 12.5 Å². The van der Waals surface area contributed by atoms with Crippen LogP contribution < -0.4 is 4.74 Å². The summed E-state index contributed by atoms with van der Waals surface area (Å²) in [5.41, 5.74) is 0.333. The Morgan fingerprint density at radius 3 is 2.67 bits per heavy atom. The summed E-state index contributed by atoms with van der Waals surface area (Å²) >= 11 is 0. The smallest absolute Gasteiger partial charge is 0.303 e. The van der Waals surface area contributed by atoms with E-state index in [-0.39, 0.29) is 16.9 Å². The van der Waals surface area contributed by atoms with Gasteiger partial charge in [0.1, 0.15) is 5.75 Å². The first-order valence-electron chi connectivity index (χ1n) is 5.22. The van der Waals surface area contributed by atoms with Crippen molar-refractivity contribution in [3.8, 4) is 5.75 Å². The molecular formula is C13H10O5. The van der Waals surface area contributed by atoms with Crippen LogP contribution in [0.5, 0.6) is 5.75 Å². The van der Waals surface area contributed by atoms with Gasteiger partial charge < -0.3 is 9.47 Å². The van der Waals surface area contributed by atoms with E-state index in [2.05, 4.69) is 6.58 Å². The minimum absolute atomic E-state index is 0.133. The summed E-state index contributed by atoms with van der Waals surface area (Å²) in [6.07, 6.45) is -0.237. The lowest BCUT2D eigenvalue weighted by molar-refractivity contribution is -0.142. The standard InChI is InChI=1S/C13H10O5/c1-3-17-9-6-4-5-8-10(9)12(16)13(11(8)15)18-7(2)14/h3-6,13H,1H2,2H3.